The molecule has 8 aromatic carbocycles. The molecule has 0 saturated heterocycles. The van der Waals surface area contributed by atoms with Crippen LogP contribution < -0.4 is 31.1 Å². The Morgan fingerprint density at radius 1 is 0.514 bits per heavy atom. The molecule has 1 aromatic heterocycles. The fraction of sp³-hybridized carbons (Fsp3) is 0.262. The Hall–Kier alpha value is -6.98. The van der Waals surface area contributed by atoms with E-state index in [4.69, 9.17) is 4.42 Å². The fourth-order valence-electron chi connectivity index (χ4n) is 13.3. The van der Waals surface area contributed by atoms with Gasteiger partial charge in [0.15, 0.2) is 0 Å². The molecule has 0 spiro atoms. The van der Waals surface area contributed by atoms with Gasteiger partial charge in [0.05, 0.1) is 22.3 Å². The molecule has 2 unspecified atom stereocenters. The highest BCUT2D eigenvalue weighted by Gasteiger charge is 2.58. The highest BCUT2D eigenvalue weighted by atomic mass is 16.3. The maximum atomic E-state index is 6.63. The van der Waals surface area contributed by atoms with Crippen LogP contribution in [0.25, 0.3) is 33.1 Å². The van der Waals surface area contributed by atoms with Gasteiger partial charge < -0.3 is 19.1 Å². The Bertz CT molecular complexity index is 3610. The lowest BCUT2D eigenvalue weighted by molar-refractivity contribution is 0.195. The molecule has 70 heavy (non-hydrogen) atoms. The average Bonchev–Trinajstić information content (AvgIpc) is 3.83. The van der Waals surface area contributed by atoms with Crippen LogP contribution in [0.15, 0.2) is 168 Å². The van der Waals surface area contributed by atoms with E-state index in [1.807, 2.05) is 0 Å². The van der Waals surface area contributed by atoms with E-state index in [2.05, 4.69) is 241 Å². The van der Waals surface area contributed by atoms with Crippen LogP contribution in [-0.4, -0.2) is 12.3 Å². The van der Waals surface area contributed by atoms with Crippen molar-refractivity contribution in [1.29, 1.82) is 0 Å². The fourth-order valence-corrected chi connectivity index (χ4v) is 13.3. The topological polar surface area (TPSA) is 22.9 Å². The maximum absolute atomic E-state index is 6.63. The van der Waals surface area contributed by atoms with E-state index < -0.39 is 0 Å². The number of fused-ring (bicyclic) bond motifs is 10. The largest absolute Gasteiger partial charge is 0.456 e. The summed E-state index contributed by atoms with van der Waals surface area (Å²) in [5.74, 6) is 0. The van der Waals surface area contributed by atoms with E-state index in [1.54, 1.807) is 0 Å². The van der Waals surface area contributed by atoms with Crippen LogP contribution in [0.4, 0.5) is 45.5 Å². The number of anilines is 8. The number of aryl methyl sites for hydroxylation is 1. The van der Waals surface area contributed by atoms with Crippen molar-refractivity contribution < 1.29 is 4.42 Å². The number of hydrogen-bond acceptors (Lipinski definition) is 4. The molecule has 13 rings (SSSR count). The summed E-state index contributed by atoms with van der Waals surface area (Å²) in [6.45, 7) is 21.3. The lowest BCUT2D eigenvalue weighted by Gasteiger charge is -2.50. The van der Waals surface area contributed by atoms with Gasteiger partial charge in [0.2, 0.25) is 0 Å². The minimum Gasteiger partial charge on any atom is -0.456 e. The van der Waals surface area contributed by atoms with Gasteiger partial charge >= 0.3 is 0 Å². The molecule has 1 saturated carbocycles. The molecule has 5 heteroatoms. The Morgan fingerprint density at radius 3 is 1.90 bits per heavy atom. The molecule has 1 aliphatic carbocycles. The molecule has 4 aliphatic rings. The first-order chi connectivity index (χ1) is 33.6. The molecule has 0 N–H and O–H groups in total. The molecule has 9 aromatic rings. The van der Waals surface area contributed by atoms with Crippen LogP contribution in [-0.2, 0) is 16.2 Å². The van der Waals surface area contributed by atoms with E-state index >= 15 is 0 Å². The molecule has 0 bridgehead atoms. The molecule has 0 radical (unpaired) electrons. The minimum absolute atomic E-state index is 0.0260. The maximum Gasteiger partial charge on any atom is 0.252 e. The summed E-state index contributed by atoms with van der Waals surface area (Å²) in [6, 6.07) is 62.6. The summed E-state index contributed by atoms with van der Waals surface area (Å²) in [7, 11) is 0. The van der Waals surface area contributed by atoms with Gasteiger partial charge in [-0.2, -0.15) is 0 Å². The number of hydrogen-bond donors (Lipinski definition) is 0. The average molecular weight is 912 g/mol. The van der Waals surface area contributed by atoms with Crippen LogP contribution in [0.1, 0.15) is 103 Å². The Kier molecular flexibility index (Phi) is 9.24. The van der Waals surface area contributed by atoms with Gasteiger partial charge in [-0.3, -0.25) is 0 Å². The first kappa shape index (κ1) is 43.1. The number of nitrogens with zero attached hydrogens (tertiary/aromatic N) is 3. The minimum atomic E-state index is -0.0759. The third-order valence-electron chi connectivity index (χ3n) is 17.1. The van der Waals surface area contributed by atoms with Crippen molar-refractivity contribution in [2.75, 3.05) is 14.7 Å². The second kappa shape index (κ2) is 15.0. The van der Waals surface area contributed by atoms with Crippen LogP contribution >= 0.6 is 0 Å². The van der Waals surface area contributed by atoms with Gasteiger partial charge in [0.1, 0.15) is 11.2 Å². The standard InChI is InChI=1S/C65H62BN3O/c1-41-36-56-61-57(37-41)68(53-25-19-27-59-60(53)46-22-13-16-26-58(46)70-59)54-39-44(63(5,6)7)28-31-49(54)66(61)50-32-30-45(69-52-24-15-14-23-48(52)64(8)34-17-18-35-65(64,69)9)40-55(50)67(56)51-33-29-43(62(2,3)4)38-47(51)42-20-11-10-12-21-42/h10-16,19-33,36-40H,17-18,34-35H2,1-9H3. The number of para-hydroxylation sites is 2. The Morgan fingerprint density at radius 2 is 1.13 bits per heavy atom. The molecule has 3 aliphatic heterocycles. The van der Waals surface area contributed by atoms with E-state index in [0.29, 0.717) is 0 Å². The molecule has 0 amide bonds. The first-order valence-corrected chi connectivity index (χ1v) is 25.7. The summed E-state index contributed by atoms with van der Waals surface area (Å²) in [6.07, 6.45) is 4.84. The SMILES string of the molecule is Cc1cc2c3c(c1)N(c1cccc4oc5ccccc5c14)c1cc(C(C)(C)C)ccc1B3c1ccc(N3c4ccccc4C4(C)CCCCC34C)cc1N2c1ccc(C(C)(C)C)cc1-c1ccccc1. The van der Waals surface area contributed by atoms with Gasteiger partial charge in [-0.25, -0.2) is 0 Å². The molecular weight excluding hydrogens is 850 g/mol. The predicted octanol–water partition coefficient (Wildman–Crippen LogP) is 16.0. The van der Waals surface area contributed by atoms with Crippen LogP contribution in [0.3, 0.4) is 0 Å². The highest BCUT2D eigenvalue weighted by molar-refractivity contribution is 7.00. The quantitative estimate of drug-likeness (QED) is 0.164. The third-order valence-corrected chi connectivity index (χ3v) is 17.1. The highest BCUT2D eigenvalue weighted by Crippen LogP contribution is 2.61. The van der Waals surface area contributed by atoms with Gasteiger partial charge in [-0.15, -0.1) is 0 Å². The second-order valence-electron chi connectivity index (χ2n) is 23.3. The third kappa shape index (κ3) is 6.09. The lowest BCUT2D eigenvalue weighted by atomic mass is 9.33. The number of furan rings is 1. The Balaban J connectivity index is 1.14. The number of benzene rings is 8. The van der Waals surface area contributed by atoms with Gasteiger partial charge in [-0.05, 0) is 148 Å². The zero-order valence-corrected chi connectivity index (χ0v) is 42.2. The smallest absolute Gasteiger partial charge is 0.252 e. The van der Waals surface area contributed by atoms with E-state index in [1.165, 1.54) is 109 Å². The monoisotopic (exact) mass is 911 g/mol. The summed E-state index contributed by atoms with van der Waals surface area (Å²) in [5, 5.41) is 2.26. The van der Waals surface area contributed by atoms with Crippen molar-refractivity contribution in [1.82, 2.24) is 0 Å². The predicted molar refractivity (Wildman–Crippen MR) is 298 cm³/mol. The normalized spacial score (nSPS) is 19.3. The summed E-state index contributed by atoms with van der Waals surface area (Å²) >= 11 is 0. The van der Waals surface area contributed by atoms with Crippen molar-refractivity contribution in [3.8, 4) is 11.1 Å². The van der Waals surface area contributed by atoms with E-state index in [0.717, 1.165) is 34.0 Å². The van der Waals surface area contributed by atoms with Crippen molar-refractivity contribution >= 4 is 90.5 Å². The lowest BCUT2D eigenvalue weighted by Crippen LogP contribution is -2.61. The van der Waals surface area contributed by atoms with Crippen molar-refractivity contribution in [2.45, 2.75) is 110 Å². The van der Waals surface area contributed by atoms with E-state index in [-0.39, 0.29) is 28.5 Å². The molecule has 4 heterocycles. The zero-order chi connectivity index (χ0) is 48.1. The second-order valence-corrected chi connectivity index (χ2v) is 23.3. The summed E-state index contributed by atoms with van der Waals surface area (Å²) in [5.41, 5.74) is 23.2. The zero-order valence-electron chi connectivity index (χ0n) is 42.2. The van der Waals surface area contributed by atoms with Crippen molar-refractivity contribution in [3.05, 3.63) is 186 Å². The molecule has 2 atom stereocenters. The summed E-state index contributed by atoms with van der Waals surface area (Å²) in [4.78, 5) is 7.99. The molecule has 1 fully saturated rings. The number of rotatable bonds is 4. The van der Waals surface area contributed by atoms with Gasteiger partial charge in [0.25, 0.3) is 6.71 Å². The van der Waals surface area contributed by atoms with E-state index in [9.17, 15) is 0 Å². The van der Waals surface area contributed by atoms with Gasteiger partial charge in [-0.1, -0.05) is 158 Å². The van der Waals surface area contributed by atoms with Crippen molar-refractivity contribution in [2.24, 2.45) is 0 Å². The molecule has 346 valence electrons. The van der Waals surface area contributed by atoms with Crippen LogP contribution in [0.2, 0.25) is 0 Å². The van der Waals surface area contributed by atoms with Crippen molar-refractivity contribution in [3.63, 3.8) is 0 Å². The van der Waals surface area contributed by atoms with Crippen LogP contribution in [0, 0.1) is 6.92 Å². The summed E-state index contributed by atoms with van der Waals surface area (Å²) < 4.78 is 6.63. The van der Waals surface area contributed by atoms with Gasteiger partial charge in [0, 0.05) is 50.5 Å². The first-order valence-electron chi connectivity index (χ1n) is 25.7. The molecule has 4 nitrogen and oxygen atoms in total. The molecular formula is C65H62BN3O. The Labute approximate surface area is 414 Å². The van der Waals surface area contributed by atoms with Crippen LogP contribution in [0.5, 0.6) is 0 Å².